The molecule has 0 aliphatic carbocycles. The van der Waals surface area contributed by atoms with Crippen molar-refractivity contribution in [1.29, 1.82) is 0 Å². The van der Waals surface area contributed by atoms with Crippen LogP contribution in [0.15, 0.2) is 60.8 Å². The molecule has 1 nitrogen and oxygen atoms in total. The minimum atomic E-state index is 1.02. The molecule has 3 aromatic rings. The Bertz CT molecular complexity index is 750. The van der Waals surface area contributed by atoms with E-state index in [1.165, 1.54) is 27.8 Å². The van der Waals surface area contributed by atoms with E-state index in [9.17, 15) is 0 Å². The average Bonchev–Trinajstić information content (AvgIpc) is 2.47. The van der Waals surface area contributed by atoms with E-state index in [4.69, 9.17) is 0 Å². The molecular weight excluding hydrogens is 254 g/mol. The zero-order valence-electron chi connectivity index (χ0n) is 12.7. The number of benzene rings is 2. The van der Waals surface area contributed by atoms with Gasteiger partial charge in [0.2, 0.25) is 0 Å². The molecule has 0 bridgehead atoms. The smallest absolute Gasteiger partial charge is 0.0702 e. The minimum Gasteiger partial charge on any atom is -0.256 e. The summed E-state index contributed by atoms with van der Waals surface area (Å²) in [6, 6.07) is 19.1. The number of hydrogen-bond donors (Lipinski definition) is 0. The van der Waals surface area contributed by atoms with Crippen molar-refractivity contribution in [3.63, 3.8) is 0 Å². The van der Waals surface area contributed by atoms with Crippen LogP contribution in [0.25, 0.3) is 22.4 Å². The first-order valence-electron chi connectivity index (χ1n) is 7.25. The molecule has 1 heteroatoms. The van der Waals surface area contributed by atoms with Gasteiger partial charge in [0.1, 0.15) is 0 Å². The number of aryl methyl sites for hydroxylation is 3. The van der Waals surface area contributed by atoms with Gasteiger partial charge >= 0.3 is 0 Å². The summed E-state index contributed by atoms with van der Waals surface area (Å²) in [6.07, 6.45) is 1.84. The van der Waals surface area contributed by atoms with E-state index < -0.39 is 0 Å². The highest BCUT2D eigenvalue weighted by molar-refractivity contribution is 5.75. The molecule has 0 N–H and O–H groups in total. The third-order valence-electron chi connectivity index (χ3n) is 3.79. The van der Waals surface area contributed by atoms with Crippen molar-refractivity contribution in [2.24, 2.45) is 0 Å². The van der Waals surface area contributed by atoms with Gasteiger partial charge in [0, 0.05) is 11.8 Å². The van der Waals surface area contributed by atoms with Crippen LogP contribution in [-0.2, 0) is 0 Å². The molecule has 0 saturated carbocycles. The summed E-state index contributed by atoms with van der Waals surface area (Å²) >= 11 is 0. The lowest BCUT2D eigenvalue weighted by Crippen LogP contribution is -1.91. The molecule has 0 unspecified atom stereocenters. The molecule has 0 fully saturated rings. The van der Waals surface area contributed by atoms with Crippen LogP contribution in [0, 0.1) is 20.8 Å². The fourth-order valence-corrected chi connectivity index (χ4v) is 3.00. The Morgan fingerprint density at radius 1 is 0.714 bits per heavy atom. The topological polar surface area (TPSA) is 12.9 Å². The van der Waals surface area contributed by atoms with Gasteiger partial charge in [-0.3, -0.25) is 4.98 Å². The number of pyridine rings is 1. The van der Waals surface area contributed by atoms with Crippen LogP contribution in [0.3, 0.4) is 0 Å². The maximum absolute atomic E-state index is 4.44. The highest BCUT2D eigenvalue weighted by Crippen LogP contribution is 2.31. The van der Waals surface area contributed by atoms with Gasteiger partial charge in [0.05, 0.1) is 5.69 Å². The Hall–Kier alpha value is -2.41. The summed E-state index contributed by atoms with van der Waals surface area (Å²) < 4.78 is 0. The third-order valence-corrected chi connectivity index (χ3v) is 3.79. The van der Waals surface area contributed by atoms with Gasteiger partial charge in [-0.2, -0.15) is 0 Å². The molecule has 1 heterocycles. The average molecular weight is 273 g/mol. The normalized spacial score (nSPS) is 10.6. The second-order valence-corrected chi connectivity index (χ2v) is 5.57. The number of nitrogens with zero attached hydrogens (tertiary/aromatic N) is 1. The van der Waals surface area contributed by atoms with Gasteiger partial charge in [-0.25, -0.2) is 0 Å². The Labute approximate surface area is 126 Å². The predicted octanol–water partition coefficient (Wildman–Crippen LogP) is 5.34. The quantitative estimate of drug-likeness (QED) is 0.614. The Kier molecular flexibility index (Phi) is 3.57. The van der Waals surface area contributed by atoms with Gasteiger partial charge in [-0.05, 0) is 61.2 Å². The summed E-state index contributed by atoms with van der Waals surface area (Å²) in [4.78, 5) is 4.44. The predicted molar refractivity (Wildman–Crippen MR) is 89.3 cm³/mol. The van der Waals surface area contributed by atoms with Gasteiger partial charge in [-0.1, -0.05) is 42.0 Å². The van der Waals surface area contributed by atoms with E-state index in [-0.39, 0.29) is 0 Å². The molecule has 0 spiro atoms. The fourth-order valence-electron chi connectivity index (χ4n) is 3.00. The molecule has 0 atom stereocenters. The lowest BCUT2D eigenvalue weighted by atomic mass is 9.92. The molecule has 21 heavy (non-hydrogen) atoms. The van der Waals surface area contributed by atoms with E-state index in [1.54, 1.807) is 0 Å². The highest BCUT2D eigenvalue weighted by Gasteiger charge is 2.08. The first-order chi connectivity index (χ1) is 10.1. The van der Waals surface area contributed by atoms with Crippen LogP contribution >= 0.6 is 0 Å². The first kappa shape index (κ1) is 13.6. The van der Waals surface area contributed by atoms with E-state index in [1.807, 2.05) is 24.4 Å². The number of aromatic nitrogens is 1. The number of rotatable bonds is 2. The van der Waals surface area contributed by atoms with Crippen molar-refractivity contribution < 1.29 is 0 Å². The Balaban J connectivity index is 2.13. The van der Waals surface area contributed by atoms with Crippen molar-refractivity contribution in [2.75, 3.05) is 0 Å². The second kappa shape index (κ2) is 5.53. The summed E-state index contributed by atoms with van der Waals surface area (Å²) in [5.41, 5.74) is 8.73. The highest BCUT2D eigenvalue weighted by atomic mass is 14.7. The molecule has 104 valence electrons. The van der Waals surface area contributed by atoms with Crippen molar-refractivity contribution in [1.82, 2.24) is 4.98 Å². The van der Waals surface area contributed by atoms with Crippen LogP contribution in [0.4, 0.5) is 0 Å². The molecule has 0 saturated heterocycles. The van der Waals surface area contributed by atoms with Gasteiger partial charge < -0.3 is 0 Å². The Morgan fingerprint density at radius 2 is 1.43 bits per heavy atom. The summed E-state index contributed by atoms with van der Waals surface area (Å²) in [7, 11) is 0. The lowest BCUT2D eigenvalue weighted by molar-refractivity contribution is 1.31. The van der Waals surface area contributed by atoms with Gasteiger partial charge in [0.15, 0.2) is 0 Å². The molecule has 0 aliphatic heterocycles. The molecule has 0 amide bonds. The van der Waals surface area contributed by atoms with Crippen LogP contribution in [0.2, 0.25) is 0 Å². The minimum absolute atomic E-state index is 1.02. The molecule has 3 rings (SSSR count). The van der Waals surface area contributed by atoms with Crippen molar-refractivity contribution in [2.45, 2.75) is 20.8 Å². The first-order valence-corrected chi connectivity index (χ1v) is 7.25. The van der Waals surface area contributed by atoms with Crippen LogP contribution in [0.5, 0.6) is 0 Å². The van der Waals surface area contributed by atoms with Gasteiger partial charge in [-0.15, -0.1) is 0 Å². The van der Waals surface area contributed by atoms with Crippen molar-refractivity contribution in [3.05, 3.63) is 77.5 Å². The lowest BCUT2D eigenvalue weighted by Gasteiger charge is -2.13. The van der Waals surface area contributed by atoms with E-state index in [2.05, 4.69) is 62.2 Å². The largest absolute Gasteiger partial charge is 0.256 e. The third kappa shape index (κ3) is 2.73. The van der Waals surface area contributed by atoms with Gasteiger partial charge in [0.25, 0.3) is 0 Å². The summed E-state index contributed by atoms with van der Waals surface area (Å²) in [5.74, 6) is 0. The fraction of sp³-hybridized carbons (Fsp3) is 0.150. The summed E-state index contributed by atoms with van der Waals surface area (Å²) in [6.45, 7) is 6.51. The summed E-state index contributed by atoms with van der Waals surface area (Å²) in [5, 5.41) is 0. The van der Waals surface area contributed by atoms with E-state index in [0.29, 0.717) is 0 Å². The molecule has 0 aliphatic rings. The monoisotopic (exact) mass is 273 g/mol. The van der Waals surface area contributed by atoms with Crippen LogP contribution in [0.1, 0.15) is 16.7 Å². The van der Waals surface area contributed by atoms with Crippen molar-refractivity contribution >= 4 is 0 Å². The van der Waals surface area contributed by atoms with Crippen molar-refractivity contribution in [3.8, 4) is 22.4 Å². The SMILES string of the molecule is Cc1cc(C)c(-c2cccc(-c3ccccn3)c2)c(C)c1. The zero-order chi connectivity index (χ0) is 14.8. The van der Waals surface area contributed by atoms with E-state index >= 15 is 0 Å². The van der Waals surface area contributed by atoms with Crippen LogP contribution < -0.4 is 0 Å². The molecule has 0 radical (unpaired) electrons. The molecule has 1 aromatic heterocycles. The molecule has 2 aromatic carbocycles. The second-order valence-electron chi connectivity index (χ2n) is 5.57. The number of hydrogen-bond acceptors (Lipinski definition) is 1. The zero-order valence-corrected chi connectivity index (χ0v) is 12.7. The Morgan fingerprint density at radius 3 is 2.10 bits per heavy atom. The molecular formula is C20H19N. The standard InChI is InChI=1S/C20H19N/c1-14-11-15(2)20(16(3)12-14)18-8-6-7-17(13-18)19-9-4-5-10-21-19/h4-13H,1-3H3. The van der Waals surface area contributed by atoms with E-state index in [0.717, 1.165) is 11.3 Å². The maximum Gasteiger partial charge on any atom is 0.0702 e. The van der Waals surface area contributed by atoms with Crippen LogP contribution in [-0.4, -0.2) is 4.98 Å². The maximum atomic E-state index is 4.44.